The maximum atomic E-state index is 6.05. The Hall–Kier alpha value is -0.990. The van der Waals surface area contributed by atoms with E-state index in [4.69, 9.17) is 11.6 Å². The van der Waals surface area contributed by atoms with Gasteiger partial charge in [0.05, 0.1) is 15.2 Å². The number of benzene rings is 2. The molecule has 0 saturated heterocycles. The molecule has 0 saturated carbocycles. The maximum absolute atomic E-state index is 6.05. The van der Waals surface area contributed by atoms with Crippen molar-refractivity contribution in [1.29, 1.82) is 0 Å². The smallest absolute Gasteiger partial charge is 0.0593 e. The van der Waals surface area contributed by atoms with E-state index in [9.17, 15) is 0 Å². The minimum absolute atomic E-state index is 0.722. The van der Waals surface area contributed by atoms with Crippen LogP contribution in [0.5, 0.6) is 0 Å². The second-order valence-corrected chi connectivity index (χ2v) is 5.57. The molecular formula is C15H15BrClN. The molecule has 0 aromatic heterocycles. The van der Waals surface area contributed by atoms with E-state index in [1.165, 1.54) is 16.7 Å². The summed E-state index contributed by atoms with van der Waals surface area (Å²) in [5.41, 5.74) is 4.92. The van der Waals surface area contributed by atoms with Gasteiger partial charge in [0.2, 0.25) is 0 Å². The third kappa shape index (κ3) is 3.06. The summed E-state index contributed by atoms with van der Waals surface area (Å²) in [7, 11) is 0. The number of hydrogen-bond donors (Lipinski definition) is 1. The lowest BCUT2D eigenvalue weighted by atomic mass is 10.1. The van der Waals surface area contributed by atoms with Gasteiger partial charge < -0.3 is 5.32 Å². The topological polar surface area (TPSA) is 12.0 Å². The molecule has 1 nitrogen and oxygen atoms in total. The van der Waals surface area contributed by atoms with Gasteiger partial charge in [0.1, 0.15) is 0 Å². The third-order valence-corrected chi connectivity index (χ3v) is 4.40. The van der Waals surface area contributed by atoms with Gasteiger partial charge in [0, 0.05) is 6.54 Å². The number of aryl methyl sites for hydroxylation is 2. The van der Waals surface area contributed by atoms with Crippen molar-refractivity contribution < 1.29 is 0 Å². The van der Waals surface area contributed by atoms with Gasteiger partial charge in [-0.2, -0.15) is 0 Å². The van der Waals surface area contributed by atoms with Crippen molar-refractivity contribution in [3.8, 4) is 0 Å². The molecule has 3 heteroatoms. The van der Waals surface area contributed by atoms with E-state index in [-0.39, 0.29) is 0 Å². The molecule has 0 spiro atoms. The molecule has 18 heavy (non-hydrogen) atoms. The highest BCUT2D eigenvalue weighted by Gasteiger charge is 2.03. The van der Waals surface area contributed by atoms with E-state index in [2.05, 4.69) is 53.3 Å². The van der Waals surface area contributed by atoms with Crippen LogP contribution < -0.4 is 5.32 Å². The fraction of sp³-hybridized carbons (Fsp3) is 0.200. The quantitative estimate of drug-likeness (QED) is 0.804. The first-order valence-corrected chi connectivity index (χ1v) is 6.99. The number of rotatable bonds is 3. The van der Waals surface area contributed by atoms with Gasteiger partial charge in [-0.3, -0.25) is 0 Å². The van der Waals surface area contributed by atoms with Crippen molar-refractivity contribution >= 4 is 33.2 Å². The zero-order chi connectivity index (χ0) is 13.1. The average Bonchev–Trinajstić information content (AvgIpc) is 2.35. The Kier molecular flexibility index (Phi) is 4.31. The monoisotopic (exact) mass is 323 g/mol. The summed E-state index contributed by atoms with van der Waals surface area (Å²) in [6, 6.07) is 12.3. The Morgan fingerprint density at radius 3 is 2.61 bits per heavy atom. The third-order valence-electron chi connectivity index (χ3n) is 3.01. The van der Waals surface area contributed by atoms with E-state index in [1.807, 2.05) is 18.2 Å². The van der Waals surface area contributed by atoms with Crippen LogP contribution in [0.25, 0.3) is 0 Å². The highest BCUT2D eigenvalue weighted by molar-refractivity contribution is 9.10. The lowest BCUT2D eigenvalue weighted by molar-refractivity contribution is 1.13. The molecule has 0 bridgehead atoms. The molecule has 94 valence electrons. The Morgan fingerprint density at radius 2 is 1.89 bits per heavy atom. The van der Waals surface area contributed by atoms with E-state index in [1.54, 1.807) is 0 Å². The molecule has 0 aliphatic carbocycles. The summed E-state index contributed by atoms with van der Waals surface area (Å²) in [4.78, 5) is 0. The number of hydrogen-bond acceptors (Lipinski definition) is 1. The van der Waals surface area contributed by atoms with Crippen molar-refractivity contribution in [1.82, 2.24) is 0 Å². The fourth-order valence-electron chi connectivity index (χ4n) is 1.75. The van der Waals surface area contributed by atoms with Crippen molar-refractivity contribution in [2.24, 2.45) is 0 Å². The normalized spacial score (nSPS) is 10.4. The van der Waals surface area contributed by atoms with Crippen LogP contribution in [0, 0.1) is 13.8 Å². The lowest BCUT2D eigenvalue weighted by Gasteiger charge is -2.10. The highest BCUT2D eigenvalue weighted by Crippen LogP contribution is 2.30. The first kappa shape index (κ1) is 13.4. The molecule has 0 aliphatic rings. The van der Waals surface area contributed by atoms with Gasteiger partial charge in [-0.05, 0) is 58.6 Å². The summed E-state index contributed by atoms with van der Waals surface area (Å²) < 4.78 is 0.913. The molecule has 0 aliphatic heterocycles. The number of halogens is 2. The molecule has 2 rings (SSSR count). The second-order valence-electron chi connectivity index (χ2n) is 4.37. The molecule has 0 amide bonds. The Balaban J connectivity index is 2.11. The van der Waals surface area contributed by atoms with Gasteiger partial charge in [-0.15, -0.1) is 0 Å². The van der Waals surface area contributed by atoms with Crippen LogP contribution in [-0.4, -0.2) is 0 Å². The molecular weight excluding hydrogens is 310 g/mol. The molecule has 0 atom stereocenters. The summed E-state index contributed by atoms with van der Waals surface area (Å²) in [6.45, 7) is 5.05. The first-order valence-electron chi connectivity index (χ1n) is 5.82. The molecule has 0 unspecified atom stereocenters. The summed E-state index contributed by atoms with van der Waals surface area (Å²) >= 11 is 9.54. The minimum Gasteiger partial charge on any atom is -0.380 e. The number of nitrogens with one attached hydrogen (secondary N) is 1. The number of anilines is 1. The predicted molar refractivity (Wildman–Crippen MR) is 82.4 cm³/mol. The van der Waals surface area contributed by atoms with Gasteiger partial charge >= 0.3 is 0 Å². The maximum Gasteiger partial charge on any atom is 0.0593 e. The minimum atomic E-state index is 0.722. The van der Waals surface area contributed by atoms with E-state index in [0.717, 1.165) is 21.7 Å². The van der Waals surface area contributed by atoms with Crippen LogP contribution >= 0.6 is 27.5 Å². The second kappa shape index (κ2) is 5.77. The largest absolute Gasteiger partial charge is 0.380 e. The highest BCUT2D eigenvalue weighted by atomic mass is 79.9. The zero-order valence-corrected chi connectivity index (χ0v) is 12.8. The fourth-order valence-corrected chi connectivity index (χ4v) is 2.33. The molecule has 2 aromatic rings. The van der Waals surface area contributed by atoms with Gasteiger partial charge in [-0.1, -0.05) is 35.9 Å². The van der Waals surface area contributed by atoms with Crippen molar-refractivity contribution in [3.63, 3.8) is 0 Å². The van der Waals surface area contributed by atoms with E-state index < -0.39 is 0 Å². The zero-order valence-electron chi connectivity index (χ0n) is 10.4. The predicted octanol–water partition coefficient (Wildman–Crippen LogP) is 5.33. The first-order chi connectivity index (χ1) is 8.58. The molecule has 0 fully saturated rings. The van der Waals surface area contributed by atoms with Crippen LogP contribution in [-0.2, 0) is 6.54 Å². The lowest BCUT2D eigenvalue weighted by Crippen LogP contribution is -2.00. The van der Waals surface area contributed by atoms with E-state index >= 15 is 0 Å². The van der Waals surface area contributed by atoms with E-state index in [0.29, 0.717) is 0 Å². The van der Waals surface area contributed by atoms with Gasteiger partial charge in [-0.25, -0.2) is 0 Å². The molecule has 0 heterocycles. The van der Waals surface area contributed by atoms with Crippen LogP contribution in [0.15, 0.2) is 40.9 Å². The van der Waals surface area contributed by atoms with Crippen LogP contribution in [0.3, 0.4) is 0 Å². The van der Waals surface area contributed by atoms with Crippen molar-refractivity contribution in [3.05, 3.63) is 62.6 Å². The Labute approximate surface area is 121 Å². The Bertz CT molecular complexity index is 566. The SMILES string of the molecule is Cc1ccc(CNc2cccc(Cl)c2Br)cc1C. The van der Waals surface area contributed by atoms with Crippen LogP contribution in [0.4, 0.5) is 5.69 Å². The summed E-state index contributed by atoms with van der Waals surface area (Å²) in [5.74, 6) is 0. The Morgan fingerprint density at radius 1 is 1.11 bits per heavy atom. The molecule has 1 N–H and O–H groups in total. The molecule has 0 radical (unpaired) electrons. The van der Waals surface area contributed by atoms with Crippen molar-refractivity contribution in [2.75, 3.05) is 5.32 Å². The standard InChI is InChI=1S/C15H15BrClN/c1-10-6-7-12(8-11(10)2)9-18-14-5-3-4-13(17)15(14)16/h3-8,18H,9H2,1-2H3. The summed E-state index contributed by atoms with van der Waals surface area (Å²) in [6.07, 6.45) is 0. The van der Waals surface area contributed by atoms with Gasteiger partial charge in [0.15, 0.2) is 0 Å². The van der Waals surface area contributed by atoms with Gasteiger partial charge in [0.25, 0.3) is 0 Å². The van der Waals surface area contributed by atoms with Crippen molar-refractivity contribution in [2.45, 2.75) is 20.4 Å². The van der Waals surface area contributed by atoms with Crippen LogP contribution in [0.1, 0.15) is 16.7 Å². The average molecular weight is 325 g/mol. The summed E-state index contributed by atoms with van der Waals surface area (Å²) in [5, 5.41) is 4.11. The van der Waals surface area contributed by atoms with Crippen LogP contribution in [0.2, 0.25) is 5.02 Å². The molecule has 2 aromatic carbocycles.